The lowest BCUT2D eigenvalue weighted by molar-refractivity contribution is -0.161. The molecule has 0 rings (SSSR count). The number of aliphatic hydroxyl groups is 2. The van der Waals surface area contributed by atoms with Crippen molar-refractivity contribution in [1.82, 2.24) is 0 Å². The summed E-state index contributed by atoms with van der Waals surface area (Å²) in [6, 6.07) is 0. The number of carbonyl (C=O) groups is 3. The standard InChI is InChI=1S/C83H140O16P2/c1-4-7-10-13-16-19-22-25-28-30-32-34-36-38-40-42-44-46-49-51-54-57-60-63-66-69-81(86)93-72-78(84)73-95-100(89,90)96-74-79(85)75-97-101(91,92)98-77-80(99-83(88)71-68-65-62-59-56-53-48-27-24-21-18-15-12-9-6-3)76-94-82(87)70-67-64-61-58-55-52-50-47-45-43-41-39-37-35-33-31-29-26-23-20-17-14-11-8-5-2/h7-8,10-11,16-17,19-20,25-29,32-35,38-41,44,46,48,78-80,84-85H,4-6,9,12-15,18,21-24,30-31,36-37,42-43,45,47,49-77H2,1-3H3,(H,89,90)(H,91,92)/b10-7-,11-8-,19-16-,20-17-,28-25-,29-26-,34-32-,35-33-,40-38-,41-39-,46-44-,48-27-. The molecule has 0 aliphatic rings. The molecule has 16 nitrogen and oxygen atoms in total. The van der Waals surface area contributed by atoms with E-state index < -0.39 is 91.5 Å². The number of unbranched alkanes of at least 4 members (excludes halogenated alkanes) is 26. The van der Waals surface area contributed by atoms with Gasteiger partial charge in [0.1, 0.15) is 25.4 Å². The smallest absolute Gasteiger partial charge is 0.463 e. The molecule has 18 heteroatoms. The average Bonchev–Trinajstić information content (AvgIpc) is 1.19. The highest BCUT2D eigenvalue weighted by molar-refractivity contribution is 7.47. The Morgan fingerprint density at radius 2 is 0.525 bits per heavy atom. The molecule has 5 unspecified atom stereocenters. The topological polar surface area (TPSA) is 231 Å². The summed E-state index contributed by atoms with van der Waals surface area (Å²) >= 11 is 0. The summed E-state index contributed by atoms with van der Waals surface area (Å²) in [7, 11) is -9.80. The molecule has 0 radical (unpaired) electrons. The molecule has 0 aliphatic heterocycles. The predicted octanol–water partition coefficient (Wildman–Crippen LogP) is 22.9. The monoisotopic (exact) mass is 1450 g/mol. The Balaban J connectivity index is 4.63. The minimum atomic E-state index is -4.94. The number of aliphatic hydroxyl groups excluding tert-OH is 2. The van der Waals surface area contributed by atoms with Gasteiger partial charge in [-0.1, -0.05) is 289 Å². The Hall–Kier alpha value is -4.57. The van der Waals surface area contributed by atoms with Crippen LogP contribution in [0.15, 0.2) is 146 Å². The summed E-state index contributed by atoms with van der Waals surface area (Å²) in [5.74, 6) is -1.60. The molecule has 0 aromatic rings. The lowest BCUT2D eigenvalue weighted by atomic mass is 10.1. The van der Waals surface area contributed by atoms with E-state index in [2.05, 4.69) is 167 Å². The van der Waals surface area contributed by atoms with E-state index in [9.17, 15) is 43.5 Å². The summed E-state index contributed by atoms with van der Waals surface area (Å²) < 4.78 is 61.1. The summed E-state index contributed by atoms with van der Waals surface area (Å²) in [4.78, 5) is 58.7. The van der Waals surface area contributed by atoms with Gasteiger partial charge in [-0.15, -0.1) is 0 Å². The van der Waals surface area contributed by atoms with Crippen molar-refractivity contribution in [2.75, 3.05) is 39.6 Å². The van der Waals surface area contributed by atoms with Crippen molar-refractivity contribution in [3.05, 3.63) is 146 Å². The van der Waals surface area contributed by atoms with E-state index in [0.29, 0.717) is 19.3 Å². The normalized spacial score (nSPS) is 14.8. The van der Waals surface area contributed by atoms with Crippen LogP contribution in [0.5, 0.6) is 0 Å². The third-order valence-corrected chi connectivity index (χ3v) is 17.9. The second-order valence-electron chi connectivity index (χ2n) is 25.7. The maximum absolute atomic E-state index is 13.0. The number of ether oxygens (including phenoxy) is 3. The van der Waals surface area contributed by atoms with E-state index in [0.717, 1.165) is 180 Å². The molecule has 101 heavy (non-hydrogen) atoms. The van der Waals surface area contributed by atoms with Crippen LogP contribution in [0.4, 0.5) is 0 Å². The van der Waals surface area contributed by atoms with Crippen molar-refractivity contribution < 1.29 is 75.8 Å². The molecular weight excluding hydrogens is 1310 g/mol. The Bertz CT molecular complexity index is 2420. The van der Waals surface area contributed by atoms with Gasteiger partial charge in [-0.2, -0.15) is 0 Å². The Labute approximate surface area is 613 Å². The zero-order chi connectivity index (χ0) is 73.7. The zero-order valence-electron chi connectivity index (χ0n) is 63.0. The van der Waals surface area contributed by atoms with Crippen LogP contribution in [-0.2, 0) is 55.8 Å². The van der Waals surface area contributed by atoms with Crippen molar-refractivity contribution >= 4 is 33.6 Å². The minimum Gasteiger partial charge on any atom is -0.463 e. The van der Waals surface area contributed by atoms with Gasteiger partial charge < -0.3 is 34.2 Å². The molecule has 0 spiro atoms. The van der Waals surface area contributed by atoms with E-state index in [4.69, 9.17) is 32.3 Å². The largest absolute Gasteiger partial charge is 0.472 e. The van der Waals surface area contributed by atoms with Gasteiger partial charge in [0.25, 0.3) is 0 Å². The average molecular weight is 1460 g/mol. The second-order valence-corrected chi connectivity index (χ2v) is 28.7. The molecule has 0 aromatic heterocycles. The summed E-state index contributed by atoms with van der Waals surface area (Å²) in [5.41, 5.74) is 0. The van der Waals surface area contributed by atoms with Gasteiger partial charge >= 0.3 is 33.6 Å². The van der Waals surface area contributed by atoms with E-state index in [-0.39, 0.29) is 19.3 Å². The molecule has 0 amide bonds. The number of hydrogen-bond donors (Lipinski definition) is 4. The van der Waals surface area contributed by atoms with Crippen LogP contribution in [0.3, 0.4) is 0 Å². The van der Waals surface area contributed by atoms with Crippen LogP contribution < -0.4 is 0 Å². The number of phosphoric ester groups is 2. The Morgan fingerprint density at radius 1 is 0.287 bits per heavy atom. The molecule has 4 N–H and O–H groups in total. The third-order valence-electron chi connectivity index (χ3n) is 16.0. The number of phosphoric acid groups is 2. The van der Waals surface area contributed by atoms with Crippen molar-refractivity contribution in [2.24, 2.45) is 0 Å². The van der Waals surface area contributed by atoms with E-state index >= 15 is 0 Å². The fraction of sp³-hybridized carbons (Fsp3) is 0.675. The quantitative estimate of drug-likeness (QED) is 0.0146. The number of carbonyl (C=O) groups excluding carboxylic acids is 3. The van der Waals surface area contributed by atoms with Gasteiger partial charge in [-0.05, 0) is 141 Å². The zero-order valence-corrected chi connectivity index (χ0v) is 64.8. The maximum atomic E-state index is 13.0. The molecule has 0 saturated heterocycles. The lowest BCUT2D eigenvalue weighted by Gasteiger charge is -2.21. The molecule has 578 valence electrons. The number of esters is 3. The van der Waals surface area contributed by atoms with Crippen molar-refractivity contribution in [1.29, 1.82) is 0 Å². The summed E-state index contributed by atoms with van der Waals surface area (Å²) in [6.45, 7) is 2.42. The fourth-order valence-corrected chi connectivity index (χ4v) is 11.7. The molecular formula is C83H140O16P2. The second kappa shape index (κ2) is 75.1. The van der Waals surface area contributed by atoms with Gasteiger partial charge in [-0.3, -0.25) is 32.5 Å². The minimum absolute atomic E-state index is 0.0901. The van der Waals surface area contributed by atoms with Crippen molar-refractivity contribution in [2.45, 2.75) is 322 Å². The first kappa shape index (κ1) is 96.4. The van der Waals surface area contributed by atoms with Crippen molar-refractivity contribution in [3.63, 3.8) is 0 Å². The molecule has 0 heterocycles. The highest BCUT2D eigenvalue weighted by Crippen LogP contribution is 2.45. The molecule has 0 bridgehead atoms. The Morgan fingerprint density at radius 3 is 0.842 bits per heavy atom. The molecule has 5 atom stereocenters. The third kappa shape index (κ3) is 76.4. The lowest BCUT2D eigenvalue weighted by Crippen LogP contribution is -2.30. The van der Waals surface area contributed by atoms with Crippen LogP contribution in [0.25, 0.3) is 0 Å². The summed E-state index contributed by atoms with van der Waals surface area (Å²) in [5, 5.41) is 20.6. The van der Waals surface area contributed by atoms with E-state index in [1.165, 1.54) is 64.2 Å². The van der Waals surface area contributed by atoms with Gasteiger partial charge in [0.05, 0.1) is 26.4 Å². The first-order valence-corrected chi connectivity index (χ1v) is 42.1. The highest BCUT2D eigenvalue weighted by Gasteiger charge is 2.29. The van der Waals surface area contributed by atoms with Crippen molar-refractivity contribution in [3.8, 4) is 0 Å². The van der Waals surface area contributed by atoms with Gasteiger partial charge in [0.2, 0.25) is 0 Å². The molecule has 0 aromatic carbocycles. The van der Waals surface area contributed by atoms with Gasteiger partial charge in [-0.25, -0.2) is 9.13 Å². The van der Waals surface area contributed by atoms with Crippen LogP contribution in [0.2, 0.25) is 0 Å². The first-order chi connectivity index (χ1) is 49.2. The van der Waals surface area contributed by atoms with E-state index in [1.807, 2.05) is 0 Å². The predicted molar refractivity (Wildman–Crippen MR) is 417 cm³/mol. The Kier molecular flexibility index (Phi) is 71.7. The number of allylic oxidation sites excluding steroid dienone is 24. The molecule has 0 aliphatic carbocycles. The maximum Gasteiger partial charge on any atom is 0.472 e. The number of hydrogen-bond acceptors (Lipinski definition) is 14. The first-order valence-electron chi connectivity index (χ1n) is 39.1. The fourth-order valence-electron chi connectivity index (χ4n) is 10.1. The van der Waals surface area contributed by atoms with Gasteiger partial charge in [0, 0.05) is 19.3 Å². The SMILES string of the molecule is CC/C=C\C/C=C\C/C=C\C/C=C\C/C=C\C/C=C\CCCCCCCCC(=O)OCC(O)COP(=O)(O)OCC(O)COP(=O)(O)OCC(COC(=O)CCCCCCCCCCC/C=C\C/C=C\C/C=C\C/C=C\C/C=C\CC)OC(=O)CCCCCCC/C=C\CCCCCCCC. The van der Waals surface area contributed by atoms with Crippen LogP contribution in [0.1, 0.15) is 303 Å². The van der Waals surface area contributed by atoms with Crippen LogP contribution >= 0.6 is 15.6 Å². The number of rotatable bonds is 73. The van der Waals surface area contributed by atoms with E-state index in [1.54, 1.807) is 0 Å². The van der Waals surface area contributed by atoms with Gasteiger partial charge in [0.15, 0.2) is 6.10 Å². The molecule has 0 saturated carbocycles. The highest BCUT2D eigenvalue weighted by atomic mass is 31.2. The summed E-state index contributed by atoms with van der Waals surface area (Å²) in [6.07, 6.45) is 91.7. The van der Waals surface area contributed by atoms with Crippen LogP contribution in [-0.4, -0.2) is 95.9 Å². The molecule has 0 fully saturated rings. The van der Waals surface area contributed by atoms with Crippen LogP contribution in [0, 0.1) is 0 Å².